The zero-order valence-electron chi connectivity index (χ0n) is 15.7. The van der Waals surface area contributed by atoms with Gasteiger partial charge in [-0.3, -0.25) is 9.59 Å². The van der Waals surface area contributed by atoms with Crippen LogP contribution in [0.15, 0.2) is 24.4 Å². The number of nitrogens with two attached hydrogens (primary N) is 1. The van der Waals surface area contributed by atoms with Crippen LogP contribution in [0.25, 0.3) is 10.8 Å². The fourth-order valence-electron chi connectivity index (χ4n) is 3.21. The number of nitrogens with one attached hydrogen (secondary N) is 1. The Morgan fingerprint density at radius 1 is 1.38 bits per heavy atom. The van der Waals surface area contributed by atoms with E-state index in [2.05, 4.69) is 10.3 Å². The number of aromatic nitrogens is 1. The van der Waals surface area contributed by atoms with E-state index < -0.39 is 43.0 Å². The minimum Gasteiger partial charge on any atom is -0.490 e. The first-order valence-electron chi connectivity index (χ1n) is 8.94. The Morgan fingerprint density at radius 2 is 2.10 bits per heavy atom. The molecule has 1 saturated heterocycles. The topological polar surface area (TPSA) is 104 Å². The highest BCUT2D eigenvalue weighted by atomic mass is 19.4. The summed E-state index contributed by atoms with van der Waals surface area (Å²) in [6.45, 7) is 3.14. The quantitative estimate of drug-likeness (QED) is 0.761. The van der Waals surface area contributed by atoms with Gasteiger partial charge in [-0.1, -0.05) is 0 Å². The maximum atomic E-state index is 13.1. The van der Waals surface area contributed by atoms with Crippen LogP contribution in [-0.2, 0) is 4.79 Å². The molecular formula is C19H20F3N3O4. The van der Waals surface area contributed by atoms with Crippen molar-refractivity contribution >= 4 is 22.6 Å². The molecule has 3 N–H and O–H groups in total. The number of rotatable bonds is 6. The summed E-state index contributed by atoms with van der Waals surface area (Å²) < 4.78 is 50.6. The molecule has 2 amide bonds. The van der Waals surface area contributed by atoms with Crippen LogP contribution in [0.3, 0.4) is 0 Å². The molecule has 1 aromatic carbocycles. The average molecular weight is 411 g/mol. The van der Waals surface area contributed by atoms with Crippen molar-refractivity contribution in [2.45, 2.75) is 38.6 Å². The van der Waals surface area contributed by atoms with Crippen LogP contribution in [0.2, 0.25) is 0 Å². The number of ether oxygens (including phenoxy) is 2. The second-order valence-corrected chi connectivity index (χ2v) is 7.05. The van der Waals surface area contributed by atoms with E-state index in [0.29, 0.717) is 10.8 Å². The summed E-state index contributed by atoms with van der Waals surface area (Å²) in [6.07, 6.45) is -3.99. The lowest BCUT2D eigenvalue weighted by atomic mass is 10.0. The predicted octanol–water partition coefficient (Wildman–Crippen LogP) is 2.57. The zero-order valence-corrected chi connectivity index (χ0v) is 15.7. The van der Waals surface area contributed by atoms with Crippen LogP contribution >= 0.6 is 0 Å². The number of carbonyl (C=O) groups is 2. The predicted molar refractivity (Wildman–Crippen MR) is 97.6 cm³/mol. The Kier molecular flexibility index (Phi) is 5.54. The molecule has 0 radical (unpaired) electrons. The number of fused-ring (bicyclic) bond motifs is 1. The van der Waals surface area contributed by atoms with Crippen molar-refractivity contribution in [2.75, 3.05) is 6.61 Å². The third-order valence-electron chi connectivity index (χ3n) is 4.51. The molecule has 1 aliphatic heterocycles. The number of hydrogen-bond acceptors (Lipinski definition) is 5. The molecule has 156 valence electrons. The molecule has 0 unspecified atom stereocenters. The zero-order chi connectivity index (χ0) is 21.3. The van der Waals surface area contributed by atoms with Gasteiger partial charge in [0.05, 0.1) is 23.6 Å². The maximum absolute atomic E-state index is 13.1. The Morgan fingerprint density at radius 3 is 2.72 bits per heavy atom. The summed E-state index contributed by atoms with van der Waals surface area (Å²) in [5.41, 5.74) is 5.59. The molecule has 3 rings (SSSR count). The second-order valence-electron chi connectivity index (χ2n) is 7.05. The van der Waals surface area contributed by atoms with E-state index >= 15 is 0 Å². The standard InChI is InChI=1S/C19H20F3N3O4/c1-9(2)29-15-6-11-10(5-12(15)17(23)27)3-4-24-18(11)28-8-14-13(19(20,21)22)7-16(26)25-14/h3-6,9,13-14H,7-8H2,1-2H3,(H2,23,27)(H,25,26)/t13-,14+/m0/s1. The van der Waals surface area contributed by atoms with Crippen molar-refractivity contribution in [1.29, 1.82) is 0 Å². The van der Waals surface area contributed by atoms with Gasteiger partial charge in [-0.2, -0.15) is 13.2 Å². The lowest BCUT2D eigenvalue weighted by molar-refractivity contribution is -0.178. The van der Waals surface area contributed by atoms with E-state index in [1.807, 2.05) is 0 Å². The molecule has 0 bridgehead atoms. The number of nitrogens with zero attached hydrogens (tertiary/aromatic N) is 1. The van der Waals surface area contributed by atoms with E-state index in [1.165, 1.54) is 18.3 Å². The monoisotopic (exact) mass is 411 g/mol. The minimum atomic E-state index is -4.52. The number of hydrogen-bond donors (Lipinski definition) is 2. The summed E-state index contributed by atoms with van der Waals surface area (Å²) in [7, 11) is 0. The third kappa shape index (κ3) is 4.52. The summed E-state index contributed by atoms with van der Waals surface area (Å²) in [4.78, 5) is 27.3. The van der Waals surface area contributed by atoms with Gasteiger partial charge in [0.1, 0.15) is 12.4 Å². The Bertz CT molecular complexity index is 946. The van der Waals surface area contributed by atoms with Crippen LogP contribution in [-0.4, -0.2) is 41.7 Å². The van der Waals surface area contributed by atoms with Gasteiger partial charge >= 0.3 is 6.18 Å². The minimum absolute atomic E-state index is 0.0641. The fourth-order valence-corrected chi connectivity index (χ4v) is 3.21. The molecule has 1 aliphatic rings. The summed E-state index contributed by atoms with van der Waals surface area (Å²) >= 11 is 0. The van der Waals surface area contributed by atoms with Gasteiger partial charge in [0.25, 0.3) is 5.91 Å². The van der Waals surface area contributed by atoms with E-state index in [1.54, 1.807) is 19.9 Å². The Labute approximate surface area is 164 Å². The van der Waals surface area contributed by atoms with Gasteiger partial charge in [-0.15, -0.1) is 0 Å². The number of alkyl halides is 3. The Hall–Kier alpha value is -3.04. The molecule has 0 spiro atoms. The molecule has 10 heteroatoms. The highest BCUT2D eigenvalue weighted by Crippen LogP contribution is 2.36. The summed E-state index contributed by atoms with van der Waals surface area (Å²) in [6, 6.07) is 3.44. The first-order chi connectivity index (χ1) is 13.6. The highest BCUT2D eigenvalue weighted by molar-refractivity contribution is 6.01. The number of pyridine rings is 1. The molecule has 2 aromatic rings. The van der Waals surface area contributed by atoms with Crippen molar-refractivity contribution in [3.8, 4) is 11.6 Å². The number of benzene rings is 1. The molecule has 2 heterocycles. The maximum Gasteiger partial charge on any atom is 0.394 e. The van der Waals surface area contributed by atoms with Gasteiger partial charge < -0.3 is 20.5 Å². The first kappa shape index (κ1) is 20.7. The summed E-state index contributed by atoms with van der Waals surface area (Å²) in [5.74, 6) is -2.89. The normalized spacial score (nSPS) is 19.4. The fraction of sp³-hybridized carbons (Fsp3) is 0.421. The number of primary amides is 1. The van der Waals surface area contributed by atoms with Gasteiger partial charge in [-0.05, 0) is 37.4 Å². The van der Waals surface area contributed by atoms with E-state index in [9.17, 15) is 22.8 Å². The smallest absolute Gasteiger partial charge is 0.394 e. The molecule has 0 aliphatic carbocycles. The largest absolute Gasteiger partial charge is 0.490 e. The van der Waals surface area contributed by atoms with Crippen LogP contribution in [0.1, 0.15) is 30.6 Å². The molecule has 7 nitrogen and oxygen atoms in total. The van der Waals surface area contributed by atoms with Crippen molar-refractivity contribution in [1.82, 2.24) is 10.3 Å². The van der Waals surface area contributed by atoms with Crippen molar-refractivity contribution in [2.24, 2.45) is 11.7 Å². The molecular weight excluding hydrogens is 391 g/mol. The third-order valence-corrected chi connectivity index (χ3v) is 4.51. The first-order valence-corrected chi connectivity index (χ1v) is 8.94. The van der Waals surface area contributed by atoms with Gasteiger partial charge in [-0.25, -0.2) is 4.98 Å². The molecule has 2 atom stereocenters. The van der Waals surface area contributed by atoms with Crippen molar-refractivity contribution < 1.29 is 32.2 Å². The highest BCUT2D eigenvalue weighted by Gasteiger charge is 2.50. The molecule has 29 heavy (non-hydrogen) atoms. The SMILES string of the molecule is CC(C)Oc1cc2c(OC[C@H]3NC(=O)C[C@@H]3C(F)(F)F)nccc2cc1C(N)=O. The molecule has 0 saturated carbocycles. The van der Waals surface area contributed by atoms with Crippen LogP contribution in [0.5, 0.6) is 11.6 Å². The Balaban J connectivity index is 1.91. The lowest BCUT2D eigenvalue weighted by Gasteiger charge is -2.21. The van der Waals surface area contributed by atoms with Gasteiger partial charge in [0, 0.05) is 18.0 Å². The van der Waals surface area contributed by atoms with E-state index in [4.69, 9.17) is 15.2 Å². The lowest BCUT2D eigenvalue weighted by Crippen LogP contribution is -2.40. The van der Waals surface area contributed by atoms with Crippen molar-refractivity contribution in [3.05, 3.63) is 30.0 Å². The van der Waals surface area contributed by atoms with Gasteiger partial charge in [0.2, 0.25) is 11.8 Å². The summed E-state index contributed by atoms with van der Waals surface area (Å²) in [5, 5.41) is 3.30. The van der Waals surface area contributed by atoms with Crippen LogP contribution in [0.4, 0.5) is 13.2 Å². The molecule has 1 fully saturated rings. The second kappa shape index (κ2) is 7.76. The van der Waals surface area contributed by atoms with Crippen LogP contribution in [0, 0.1) is 5.92 Å². The van der Waals surface area contributed by atoms with Gasteiger partial charge in [0.15, 0.2) is 0 Å². The van der Waals surface area contributed by atoms with Crippen molar-refractivity contribution in [3.63, 3.8) is 0 Å². The average Bonchev–Trinajstić information content (AvgIpc) is 3.00. The van der Waals surface area contributed by atoms with Crippen LogP contribution < -0.4 is 20.5 Å². The number of carbonyl (C=O) groups excluding carboxylic acids is 2. The van der Waals surface area contributed by atoms with E-state index in [-0.39, 0.29) is 23.3 Å². The van der Waals surface area contributed by atoms with E-state index in [0.717, 1.165) is 0 Å². The number of amides is 2. The molecule has 1 aromatic heterocycles. The number of halogens is 3.